The molecule has 0 saturated carbocycles. The summed E-state index contributed by atoms with van der Waals surface area (Å²) in [6, 6.07) is 4.33. The number of nitrogens with zero attached hydrogens (tertiary/aromatic N) is 3. The third-order valence-corrected chi connectivity index (χ3v) is 7.85. The third kappa shape index (κ3) is 5.34. The maximum atomic E-state index is 13.0. The van der Waals surface area contributed by atoms with Gasteiger partial charge in [0.25, 0.3) is 0 Å². The van der Waals surface area contributed by atoms with Crippen LogP contribution in [-0.2, 0) is 21.2 Å². The Balaban J connectivity index is 1.49. The summed E-state index contributed by atoms with van der Waals surface area (Å²) in [7, 11) is -3.10. The molecule has 3 rings (SSSR count). The van der Waals surface area contributed by atoms with Gasteiger partial charge in [0.05, 0.1) is 6.26 Å². The SMILES string of the molecule is Cc1cc(C[C@@H](C)C(=O)N2CCN(C3CCN(S(C)(=O)=O)CC3)CC2)cc(C)c1O. The number of rotatable bonds is 5. The molecule has 1 aromatic rings. The highest BCUT2D eigenvalue weighted by molar-refractivity contribution is 7.88. The maximum absolute atomic E-state index is 13.0. The van der Waals surface area contributed by atoms with Crippen molar-refractivity contribution in [3.8, 4) is 5.75 Å². The van der Waals surface area contributed by atoms with Gasteiger partial charge in [0.15, 0.2) is 0 Å². The summed E-state index contributed by atoms with van der Waals surface area (Å²) in [6.45, 7) is 10.1. The Bertz CT molecular complexity index is 847. The van der Waals surface area contributed by atoms with E-state index in [9.17, 15) is 18.3 Å². The maximum Gasteiger partial charge on any atom is 0.225 e. The number of aromatic hydroxyl groups is 1. The van der Waals surface area contributed by atoms with Crippen LogP contribution in [0.4, 0.5) is 0 Å². The van der Waals surface area contributed by atoms with Crippen LogP contribution in [0.3, 0.4) is 0 Å². The minimum atomic E-state index is -3.10. The molecule has 1 atom stereocenters. The van der Waals surface area contributed by atoms with Gasteiger partial charge < -0.3 is 10.0 Å². The van der Waals surface area contributed by atoms with Crippen LogP contribution >= 0.6 is 0 Å². The Morgan fingerprint density at radius 1 is 1.07 bits per heavy atom. The number of hydrogen-bond donors (Lipinski definition) is 1. The van der Waals surface area contributed by atoms with Crippen LogP contribution in [0.25, 0.3) is 0 Å². The lowest BCUT2D eigenvalue weighted by atomic mass is 9.96. The predicted molar refractivity (Wildman–Crippen MR) is 118 cm³/mol. The van der Waals surface area contributed by atoms with Crippen LogP contribution in [0.5, 0.6) is 5.75 Å². The molecule has 0 spiro atoms. The van der Waals surface area contributed by atoms with Gasteiger partial charge in [-0.2, -0.15) is 0 Å². The molecule has 2 saturated heterocycles. The zero-order valence-electron chi connectivity index (χ0n) is 18.6. The summed E-state index contributed by atoms with van der Waals surface area (Å²) in [5, 5.41) is 9.95. The van der Waals surface area contributed by atoms with Gasteiger partial charge in [0.2, 0.25) is 15.9 Å². The lowest BCUT2D eigenvalue weighted by molar-refractivity contribution is -0.137. The predicted octanol–water partition coefficient (Wildman–Crippen LogP) is 1.76. The standard InChI is InChI=1S/C22H35N3O4S/c1-16-13-19(14-17(2)21(16)26)15-18(3)22(27)24-11-9-23(10-12-24)20-5-7-25(8-6-20)30(4,28)29/h13-14,18,20,26H,5-12,15H2,1-4H3/t18-/m1/s1. The number of piperazine rings is 1. The molecule has 7 nitrogen and oxygen atoms in total. The van der Waals surface area contributed by atoms with E-state index in [0.717, 1.165) is 55.7 Å². The van der Waals surface area contributed by atoms with Crippen molar-refractivity contribution in [2.24, 2.45) is 5.92 Å². The van der Waals surface area contributed by atoms with Gasteiger partial charge in [0.1, 0.15) is 5.75 Å². The number of phenols is 1. The number of phenolic OH excluding ortho intramolecular Hbond substituents is 1. The molecule has 2 aliphatic heterocycles. The van der Waals surface area contributed by atoms with Crippen molar-refractivity contribution in [3.63, 3.8) is 0 Å². The molecule has 2 aliphatic rings. The summed E-state index contributed by atoms with van der Waals surface area (Å²) in [6.07, 6.45) is 3.67. The zero-order chi connectivity index (χ0) is 22.1. The van der Waals surface area contributed by atoms with Crippen LogP contribution in [0.2, 0.25) is 0 Å². The highest BCUT2D eigenvalue weighted by Gasteiger charge is 2.32. The molecule has 1 aromatic carbocycles. The molecular formula is C22H35N3O4S. The number of hydrogen-bond acceptors (Lipinski definition) is 5. The first-order valence-electron chi connectivity index (χ1n) is 10.8. The van der Waals surface area contributed by atoms with Crippen molar-refractivity contribution < 1.29 is 18.3 Å². The molecule has 2 fully saturated rings. The Morgan fingerprint density at radius 3 is 2.10 bits per heavy atom. The Morgan fingerprint density at radius 2 is 1.60 bits per heavy atom. The average Bonchev–Trinajstić information content (AvgIpc) is 2.71. The molecule has 30 heavy (non-hydrogen) atoms. The third-order valence-electron chi connectivity index (χ3n) is 6.55. The second kappa shape index (κ2) is 9.24. The van der Waals surface area contributed by atoms with Gasteiger partial charge in [-0.15, -0.1) is 0 Å². The smallest absolute Gasteiger partial charge is 0.225 e. The monoisotopic (exact) mass is 437 g/mol. The number of sulfonamides is 1. The van der Waals surface area contributed by atoms with Crippen molar-refractivity contribution in [3.05, 3.63) is 28.8 Å². The fourth-order valence-electron chi connectivity index (χ4n) is 4.76. The van der Waals surface area contributed by atoms with Gasteiger partial charge in [-0.3, -0.25) is 9.69 Å². The fourth-order valence-corrected chi connectivity index (χ4v) is 5.64. The summed E-state index contributed by atoms with van der Waals surface area (Å²) in [5.74, 6) is 0.416. The van der Waals surface area contributed by atoms with Gasteiger partial charge >= 0.3 is 0 Å². The van der Waals surface area contributed by atoms with Gasteiger partial charge in [0, 0.05) is 51.2 Å². The summed E-state index contributed by atoms with van der Waals surface area (Å²) < 4.78 is 25.0. The number of carbonyl (C=O) groups excluding carboxylic acids is 1. The number of amides is 1. The molecule has 0 bridgehead atoms. The van der Waals surface area contributed by atoms with E-state index in [1.807, 2.05) is 37.8 Å². The Labute approximate surface area is 180 Å². The van der Waals surface area contributed by atoms with Crippen molar-refractivity contribution in [1.29, 1.82) is 0 Å². The van der Waals surface area contributed by atoms with Crippen LogP contribution in [0.1, 0.15) is 36.5 Å². The number of aryl methyl sites for hydroxylation is 2. The van der Waals surface area contributed by atoms with E-state index >= 15 is 0 Å². The van der Waals surface area contributed by atoms with E-state index in [-0.39, 0.29) is 11.8 Å². The first-order chi connectivity index (χ1) is 14.1. The van der Waals surface area contributed by atoms with E-state index in [0.29, 0.717) is 31.3 Å². The molecule has 0 aromatic heterocycles. The second-order valence-electron chi connectivity index (χ2n) is 8.94. The van der Waals surface area contributed by atoms with Crippen molar-refractivity contribution in [2.45, 2.75) is 46.1 Å². The van der Waals surface area contributed by atoms with Crippen LogP contribution in [-0.4, -0.2) is 85.1 Å². The van der Waals surface area contributed by atoms with E-state index in [1.165, 1.54) is 6.26 Å². The Hall–Kier alpha value is -1.64. The van der Waals surface area contributed by atoms with Gasteiger partial charge in [-0.25, -0.2) is 12.7 Å². The lowest BCUT2D eigenvalue weighted by Crippen LogP contribution is -2.55. The van der Waals surface area contributed by atoms with Crippen LogP contribution < -0.4 is 0 Å². The Kier molecular flexibility index (Phi) is 7.09. The number of carbonyl (C=O) groups is 1. The highest BCUT2D eigenvalue weighted by atomic mass is 32.2. The highest BCUT2D eigenvalue weighted by Crippen LogP contribution is 2.25. The van der Waals surface area contributed by atoms with E-state index in [4.69, 9.17) is 0 Å². The lowest BCUT2D eigenvalue weighted by Gasteiger charge is -2.42. The minimum absolute atomic E-state index is 0.0992. The second-order valence-corrected chi connectivity index (χ2v) is 10.9. The molecule has 1 N–H and O–H groups in total. The van der Waals surface area contributed by atoms with Gasteiger partial charge in [-0.05, 0) is 49.8 Å². The molecule has 1 amide bonds. The summed E-state index contributed by atoms with van der Waals surface area (Å²) >= 11 is 0. The van der Waals surface area contributed by atoms with E-state index < -0.39 is 10.0 Å². The molecule has 0 unspecified atom stereocenters. The molecule has 168 valence electrons. The van der Waals surface area contributed by atoms with E-state index in [2.05, 4.69) is 4.90 Å². The molecule has 8 heteroatoms. The van der Waals surface area contributed by atoms with Crippen LogP contribution in [0, 0.1) is 19.8 Å². The molecular weight excluding hydrogens is 402 g/mol. The normalized spacial score (nSPS) is 21.0. The molecule has 2 heterocycles. The van der Waals surface area contributed by atoms with Crippen LogP contribution in [0.15, 0.2) is 12.1 Å². The number of piperidine rings is 1. The largest absolute Gasteiger partial charge is 0.507 e. The summed E-state index contributed by atoms with van der Waals surface area (Å²) in [4.78, 5) is 17.3. The van der Waals surface area contributed by atoms with E-state index in [1.54, 1.807) is 4.31 Å². The molecule has 0 aliphatic carbocycles. The quantitative estimate of drug-likeness (QED) is 0.759. The van der Waals surface area contributed by atoms with Gasteiger partial charge in [-0.1, -0.05) is 19.1 Å². The minimum Gasteiger partial charge on any atom is -0.507 e. The van der Waals surface area contributed by atoms with Crippen molar-refractivity contribution in [2.75, 3.05) is 45.5 Å². The first-order valence-corrected chi connectivity index (χ1v) is 12.7. The first kappa shape index (κ1) is 23.0. The van der Waals surface area contributed by atoms with Crippen molar-refractivity contribution >= 4 is 15.9 Å². The zero-order valence-corrected chi connectivity index (χ0v) is 19.4. The average molecular weight is 438 g/mol. The fraction of sp³-hybridized carbons (Fsp3) is 0.682. The molecule has 0 radical (unpaired) electrons. The van der Waals surface area contributed by atoms with Crippen molar-refractivity contribution in [1.82, 2.24) is 14.1 Å². The summed E-state index contributed by atoms with van der Waals surface area (Å²) in [5.41, 5.74) is 2.78. The topological polar surface area (TPSA) is 81.2 Å². The number of benzene rings is 1.